The Bertz CT molecular complexity index is 774. The summed E-state index contributed by atoms with van der Waals surface area (Å²) in [6, 6.07) is 4.80. The lowest BCUT2D eigenvalue weighted by Crippen LogP contribution is -2.44. The normalized spacial score (nSPS) is 22.1. The van der Waals surface area contributed by atoms with E-state index < -0.39 is 10.0 Å². The first-order chi connectivity index (χ1) is 12.8. The molecule has 0 unspecified atom stereocenters. The molecule has 0 spiro atoms. The highest BCUT2D eigenvalue weighted by Crippen LogP contribution is 2.26. The minimum atomic E-state index is -3.49. The first kappa shape index (κ1) is 20.9. The lowest BCUT2D eigenvalue weighted by Gasteiger charge is -2.30. The molecule has 6 nitrogen and oxygen atoms in total. The van der Waals surface area contributed by atoms with E-state index in [-0.39, 0.29) is 23.7 Å². The Labute approximate surface area is 170 Å². The van der Waals surface area contributed by atoms with Gasteiger partial charge in [0.15, 0.2) is 0 Å². The van der Waals surface area contributed by atoms with E-state index in [1.807, 2.05) is 0 Å². The molecule has 2 heterocycles. The van der Waals surface area contributed by atoms with Gasteiger partial charge in [-0.15, -0.1) is 0 Å². The smallest absolute Gasteiger partial charge is 0.223 e. The van der Waals surface area contributed by atoms with E-state index in [1.54, 1.807) is 18.2 Å². The molecule has 9 heteroatoms. The third kappa shape index (κ3) is 5.57. The number of halogens is 2. The molecule has 0 aliphatic carbocycles. The molecule has 1 aromatic rings. The molecule has 0 aromatic heterocycles. The Morgan fingerprint density at radius 2 is 1.96 bits per heavy atom. The number of carbonyl (C=O) groups is 1. The monoisotopic (exact) mass is 434 g/mol. The summed E-state index contributed by atoms with van der Waals surface area (Å²) in [5.74, 6) is -0.334. The number of hydrogen-bond donors (Lipinski definition) is 1. The van der Waals surface area contributed by atoms with Crippen LogP contribution < -0.4 is 5.32 Å². The largest absolute Gasteiger partial charge is 0.376 e. The minimum Gasteiger partial charge on any atom is -0.376 e. The maximum Gasteiger partial charge on any atom is 0.223 e. The molecule has 2 fully saturated rings. The van der Waals surface area contributed by atoms with E-state index >= 15 is 0 Å². The SMILES string of the molecule is O=C(NC[C@H]1CCCO1)C1CCN(S(=O)(=O)Cc2ccc(Cl)cc2Cl)CC1. The zero-order chi connectivity index (χ0) is 19.4. The Kier molecular flexibility index (Phi) is 7.03. The molecule has 2 aliphatic heterocycles. The zero-order valence-corrected chi connectivity index (χ0v) is 17.3. The summed E-state index contributed by atoms with van der Waals surface area (Å²) < 4.78 is 32.3. The number of carbonyl (C=O) groups excluding carboxylic acids is 1. The van der Waals surface area contributed by atoms with Crippen LogP contribution in [0.25, 0.3) is 0 Å². The van der Waals surface area contributed by atoms with Crippen LogP contribution in [0.15, 0.2) is 18.2 Å². The van der Waals surface area contributed by atoms with Crippen LogP contribution in [0.1, 0.15) is 31.2 Å². The molecule has 150 valence electrons. The summed E-state index contributed by atoms with van der Waals surface area (Å²) in [6.45, 7) is 1.97. The number of piperidine rings is 1. The number of rotatable bonds is 6. The lowest BCUT2D eigenvalue weighted by atomic mass is 9.97. The van der Waals surface area contributed by atoms with Crippen molar-refractivity contribution in [1.29, 1.82) is 0 Å². The summed E-state index contributed by atoms with van der Waals surface area (Å²) in [7, 11) is -3.49. The van der Waals surface area contributed by atoms with E-state index in [2.05, 4.69) is 5.32 Å². The van der Waals surface area contributed by atoms with Gasteiger partial charge in [0, 0.05) is 42.2 Å². The van der Waals surface area contributed by atoms with Crippen LogP contribution in [0.5, 0.6) is 0 Å². The van der Waals surface area contributed by atoms with Crippen molar-refractivity contribution in [3.05, 3.63) is 33.8 Å². The Balaban J connectivity index is 1.50. The molecule has 1 aromatic carbocycles. The minimum absolute atomic E-state index is 0.0108. The van der Waals surface area contributed by atoms with E-state index in [0.717, 1.165) is 19.4 Å². The molecular weight excluding hydrogens is 411 g/mol. The quantitative estimate of drug-likeness (QED) is 0.746. The average molecular weight is 435 g/mol. The number of sulfonamides is 1. The first-order valence-electron chi connectivity index (χ1n) is 9.16. The summed E-state index contributed by atoms with van der Waals surface area (Å²) in [5, 5.41) is 3.75. The van der Waals surface area contributed by atoms with Crippen LogP contribution in [0.2, 0.25) is 10.0 Å². The molecule has 1 N–H and O–H groups in total. The lowest BCUT2D eigenvalue weighted by molar-refractivity contribution is -0.126. The van der Waals surface area contributed by atoms with Crippen molar-refractivity contribution in [3.8, 4) is 0 Å². The fourth-order valence-electron chi connectivity index (χ4n) is 3.49. The van der Waals surface area contributed by atoms with Crippen LogP contribution in [0.3, 0.4) is 0 Å². The molecule has 3 rings (SSSR count). The Morgan fingerprint density at radius 1 is 1.22 bits per heavy atom. The Hall–Kier alpha value is -0.860. The van der Waals surface area contributed by atoms with Gasteiger partial charge >= 0.3 is 0 Å². The van der Waals surface area contributed by atoms with Crippen molar-refractivity contribution < 1.29 is 17.9 Å². The number of amides is 1. The van der Waals surface area contributed by atoms with Gasteiger partial charge in [0.25, 0.3) is 0 Å². The predicted molar refractivity (Wildman–Crippen MR) is 105 cm³/mol. The second-order valence-corrected chi connectivity index (χ2v) is 9.86. The summed E-state index contributed by atoms with van der Waals surface area (Å²) in [5.41, 5.74) is 0.525. The number of nitrogens with one attached hydrogen (secondary N) is 1. The van der Waals surface area contributed by atoms with Gasteiger partial charge in [-0.2, -0.15) is 0 Å². The van der Waals surface area contributed by atoms with Gasteiger partial charge in [0.2, 0.25) is 15.9 Å². The van der Waals surface area contributed by atoms with E-state index in [9.17, 15) is 13.2 Å². The third-order valence-electron chi connectivity index (χ3n) is 5.10. The van der Waals surface area contributed by atoms with Gasteiger partial charge in [0.05, 0.1) is 11.9 Å². The molecule has 1 atom stereocenters. The van der Waals surface area contributed by atoms with Crippen LogP contribution in [0.4, 0.5) is 0 Å². The fraction of sp³-hybridized carbons (Fsp3) is 0.611. The number of hydrogen-bond acceptors (Lipinski definition) is 4. The van der Waals surface area contributed by atoms with Crippen LogP contribution in [0, 0.1) is 5.92 Å². The fourth-order valence-corrected chi connectivity index (χ4v) is 5.64. The van der Waals surface area contributed by atoms with Crippen LogP contribution >= 0.6 is 23.2 Å². The zero-order valence-electron chi connectivity index (χ0n) is 15.0. The van der Waals surface area contributed by atoms with E-state index in [1.165, 1.54) is 4.31 Å². The maximum atomic E-state index is 12.7. The van der Waals surface area contributed by atoms with Crippen molar-refractivity contribution in [2.24, 2.45) is 5.92 Å². The first-order valence-corrected chi connectivity index (χ1v) is 11.5. The Morgan fingerprint density at radius 3 is 2.59 bits per heavy atom. The maximum absolute atomic E-state index is 12.7. The summed E-state index contributed by atoms with van der Waals surface area (Å²) in [4.78, 5) is 12.3. The van der Waals surface area contributed by atoms with Crippen LogP contribution in [-0.4, -0.2) is 51.0 Å². The van der Waals surface area contributed by atoms with Crippen molar-refractivity contribution in [2.75, 3.05) is 26.2 Å². The van der Waals surface area contributed by atoms with Crippen molar-refractivity contribution >= 4 is 39.1 Å². The van der Waals surface area contributed by atoms with Gasteiger partial charge in [-0.3, -0.25) is 4.79 Å². The van der Waals surface area contributed by atoms with Crippen molar-refractivity contribution in [1.82, 2.24) is 9.62 Å². The number of ether oxygens (including phenoxy) is 1. The summed E-state index contributed by atoms with van der Waals surface area (Å²) >= 11 is 12.0. The van der Waals surface area contributed by atoms with Gasteiger partial charge in [-0.25, -0.2) is 12.7 Å². The van der Waals surface area contributed by atoms with E-state index in [0.29, 0.717) is 48.1 Å². The van der Waals surface area contributed by atoms with Gasteiger partial charge < -0.3 is 10.1 Å². The van der Waals surface area contributed by atoms with Gasteiger partial charge in [-0.1, -0.05) is 29.3 Å². The highest BCUT2D eigenvalue weighted by molar-refractivity contribution is 7.88. The number of benzene rings is 1. The van der Waals surface area contributed by atoms with Crippen molar-refractivity contribution in [2.45, 2.75) is 37.5 Å². The van der Waals surface area contributed by atoms with Crippen molar-refractivity contribution in [3.63, 3.8) is 0 Å². The molecule has 27 heavy (non-hydrogen) atoms. The molecule has 2 aliphatic rings. The van der Waals surface area contributed by atoms with Gasteiger partial charge in [-0.05, 0) is 43.4 Å². The predicted octanol–water partition coefficient (Wildman–Crippen LogP) is 2.83. The average Bonchev–Trinajstić information content (AvgIpc) is 3.16. The summed E-state index contributed by atoms with van der Waals surface area (Å²) in [6.07, 6.45) is 3.16. The molecular formula is C18H24Cl2N2O4S. The second kappa shape index (κ2) is 9.09. The second-order valence-electron chi connectivity index (χ2n) is 7.05. The molecule has 2 saturated heterocycles. The van der Waals surface area contributed by atoms with Gasteiger partial charge in [0.1, 0.15) is 0 Å². The standard InChI is InChI=1S/C18H24Cl2N2O4S/c19-15-4-3-14(17(20)10-15)12-27(24,25)22-7-5-13(6-8-22)18(23)21-11-16-2-1-9-26-16/h3-4,10,13,16H,1-2,5-9,11-12H2,(H,21,23)/t16-/m1/s1. The van der Waals surface area contributed by atoms with Crippen LogP contribution in [-0.2, 0) is 25.3 Å². The molecule has 0 saturated carbocycles. The number of nitrogens with zero attached hydrogens (tertiary/aromatic N) is 1. The third-order valence-corrected chi connectivity index (χ3v) is 7.51. The highest BCUT2D eigenvalue weighted by Gasteiger charge is 2.31. The molecule has 1 amide bonds. The highest BCUT2D eigenvalue weighted by atomic mass is 35.5. The van der Waals surface area contributed by atoms with E-state index in [4.69, 9.17) is 27.9 Å². The molecule has 0 bridgehead atoms. The topological polar surface area (TPSA) is 75.7 Å². The molecule has 0 radical (unpaired) electrons.